The van der Waals surface area contributed by atoms with Gasteiger partial charge in [0.2, 0.25) is 0 Å². The average molecular weight is 291 g/mol. The molecule has 0 heterocycles. The number of nitro benzene ring substituents is 1. The van der Waals surface area contributed by atoms with E-state index in [1.807, 2.05) is 0 Å². The molecule has 1 N–H and O–H groups in total. The molecule has 0 saturated heterocycles. The van der Waals surface area contributed by atoms with Crippen molar-refractivity contribution in [2.24, 2.45) is 0 Å². The maximum atomic E-state index is 13.9. The van der Waals surface area contributed by atoms with Crippen LogP contribution in [0.4, 0.5) is 10.1 Å². The van der Waals surface area contributed by atoms with Gasteiger partial charge in [0.15, 0.2) is 0 Å². The largest absolute Gasteiger partial charge is 0.497 e. The maximum Gasteiger partial charge on any atom is 0.336 e. The lowest BCUT2D eigenvalue weighted by Gasteiger charge is -2.09. The first-order valence-electron chi connectivity index (χ1n) is 5.79. The lowest BCUT2D eigenvalue weighted by atomic mass is 9.98. The molecule has 21 heavy (non-hydrogen) atoms. The van der Waals surface area contributed by atoms with E-state index in [2.05, 4.69) is 0 Å². The monoisotopic (exact) mass is 291 g/mol. The van der Waals surface area contributed by atoms with Gasteiger partial charge in [0.1, 0.15) is 11.6 Å². The molecule has 0 aliphatic rings. The van der Waals surface area contributed by atoms with Crippen molar-refractivity contribution < 1.29 is 24.0 Å². The molecule has 0 aromatic heterocycles. The molecule has 2 rings (SSSR count). The van der Waals surface area contributed by atoms with E-state index < -0.39 is 16.7 Å². The maximum absolute atomic E-state index is 13.9. The van der Waals surface area contributed by atoms with Crippen LogP contribution in [0.5, 0.6) is 5.75 Å². The Morgan fingerprint density at radius 2 is 1.95 bits per heavy atom. The Morgan fingerprint density at radius 1 is 1.24 bits per heavy atom. The summed E-state index contributed by atoms with van der Waals surface area (Å²) in [5.41, 5.74) is -0.679. The first-order valence-corrected chi connectivity index (χ1v) is 5.79. The van der Waals surface area contributed by atoms with Gasteiger partial charge < -0.3 is 9.84 Å². The van der Waals surface area contributed by atoms with Gasteiger partial charge in [-0.25, -0.2) is 9.18 Å². The lowest BCUT2D eigenvalue weighted by Crippen LogP contribution is -2.02. The molecule has 0 aliphatic carbocycles. The minimum absolute atomic E-state index is 0.00153. The number of carboxylic acids is 1. The molecule has 6 nitrogen and oxygen atoms in total. The summed E-state index contributed by atoms with van der Waals surface area (Å²) in [5.74, 6) is -1.68. The topological polar surface area (TPSA) is 89.7 Å². The van der Waals surface area contributed by atoms with Crippen molar-refractivity contribution in [3.63, 3.8) is 0 Å². The summed E-state index contributed by atoms with van der Waals surface area (Å²) in [5, 5.41) is 19.9. The molecule has 0 fully saturated rings. The van der Waals surface area contributed by atoms with Crippen LogP contribution in [0.25, 0.3) is 11.1 Å². The second-order valence-electron chi connectivity index (χ2n) is 4.14. The molecule has 0 amide bonds. The molecule has 0 unspecified atom stereocenters. The smallest absolute Gasteiger partial charge is 0.336 e. The number of aromatic carboxylic acids is 1. The SMILES string of the molecule is COc1ccc(F)c(-c2ccc([N+](=O)[O-])cc2C(=O)O)c1. The van der Waals surface area contributed by atoms with Gasteiger partial charge in [-0.05, 0) is 29.8 Å². The number of carbonyl (C=O) groups is 1. The first-order chi connectivity index (χ1) is 9.93. The highest BCUT2D eigenvalue weighted by Gasteiger charge is 2.19. The van der Waals surface area contributed by atoms with Crippen molar-refractivity contribution in [2.75, 3.05) is 7.11 Å². The fraction of sp³-hybridized carbons (Fsp3) is 0.0714. The summed E-state index contributed by atoms with van der Waals surface area (Å²) in [6, 6.07) is 7.10. The van der Waals surface area contributed by atoms with Gasteiger partial charge in [0.25, 0.3) is 5.69 Å². The summed E-state index contributed by atoms with van der Waals surface area (Å²) < 4.78 is 18.9. The first kappa shape index (κ1) is 14.4. The van der Waals surface area contributed by atoms with Gasteiger partial charge in [0, 0.05) is 17.7 Å². The minimum Gasteiger partial charge on any atom is -0.497 e. The van der Waals surface area contributed by atoms with Gasteiger partial charge in [-0.15, -0.1) is 0 Å². The number of halogens is 1. The Morgan fingerprint density at radius 3 is 2.52 bits per heavy atom. The van der Waals surface area contributed by atoms with Gasteiger partial charge in [-0.1, -0.05) is 0 Å². The number of non-ortho nitro benzene ring substituents is 1. The molecule has 0 radical (unpaired) electrons. The Hall–Kier alpha value is -2.96. The zero-order valence-corrected chi connectivity index (χ0v) is 10.9. The van der Waals surface area contributed by atoms with E-state index in [9.17, 15) is 24.4 Å². The summed E-state index contributed by atoms with van der Waals surface area (Å²) in [6.45, 7) is 0. The second-order valence-corrected chi connectivity index (χ2v) is 4.14. The molecule has 2 aromatic carbocycles. The molecule has 0 spiro atoms. The van der Waals surface area contributed by atoms with E-state index >= 15 is 0 Å². The Kier molecular flexibility index (Phi) is 3.84. The van der Waals surface area contributed by atoms with Crippen LogP contribution in [-0.2, 0) is 0 Å². The Balaban J connectivity index is 2.68. The van der Waals surface area contributed by atoms with Gasteiger partial charge in [0.05, 0.1) is 17.6 Å². The highest BCUT2D eigenvalue weighted by molar-refractivity contribution is 5.97. The molecule has 7 heteroatoms. The lowest BCUT2D eigenvalue weighted by molar-refractivity contribution is -0.384. The molecular formula is C14H10FNO5. The number of rotatable bonds is 4. The van der Waals surface area contributed by atoms with Gasteiger partial charge in [-0.3, -0.25) is 10.1 Å². The molecule has 2 aromatic rings. The zero-order valence-electron chi connectivity index (χ0n) is 10.9. The molecule has 108 valence electrons. The van der Waals surface area contributed by atoms with E-state index in [1.165, 1.54) is 25.3 Å². The fourth-order valence-electron chi connectivity index (χ4n) is 1.90. The second kappa shape index (κ2) is 5.58. The number of benzene rings is 2. The average Bonchev–Trinajstić information content (AvgIpc) is 2.47. The van der Waals surface area contributed by atoms with Crippen LogP contribution in [0.2, 0.25) is 0 Å². The summed E-state index contributed by atoms with van der Waals surface area (Å²) in [6.07, 6.45) is 0. The third kappa shape index (κ3) is 2.81. The van der Waals surface area contributed by atoms with Crippen LogP contribution in [-0.4, -0.2) is 23.1 Å². The predicted molar refractivity (Wildman–Crippen MR) is 72.0 cm³/mol. The third-order valence-electron chi connectivity index (χ3n) is 2.91. The molecule has 0 aliphatic heterocycles. The van der Waals surface area contributed by atoms with Crippen LogP contribution in [0, 0.1) is 15.9 Å². The number of carboxylic acid groups (broad SMARTS) is 1. The predicted octanol–water partition coefficient (Wildman–Crippen LogP) is 3.11. The van der Waals surface area contributed by atoms with Gasteiger partial charge >= 0.3 is 5.97 Å². The number of hydrogen-bond donors (Lipinski definition) is 1. The number of hydrogen-bond acceptors (Lipinski definition) is 4. The van der Waals surface area contributed by atoms with E-state index in [4.69, 9.17) is 4.74 Å². The zero-order chi connectivity index (χ0) is 15.6. The van der Waals surface area contributed by atoms with Crippen molar-refractivity contribution in [3.8, 4) is 16.9 Å². The highest BCUT2D eigenvalue weighted by atomic mass is 19.1. The fourth-order valence-corrected chi connectivity index (χ4v) is 1.90. The van der Waals surface area contributed by atoms with E-state index in [0.29, 0.717) is 5.75 Å². The summed E-state index contributed by atoms with van der Waals surface area (Å²) in [7, 11) is 1.39. The van der Waals surface area contributed by atoms with Crippen LogP contribution in [0.15, 0.2) is 36.4 Å². The van der Waals surface area contributed by atoms with E-state index in [-0.39, 0.29) is 22.4 Å². The number of nitrogens with zero attached hydrogens (tertiary/aromatic N) is 1. The molecule has 0 saturated carbocycles. The van der Waals surface area contributed by atoms with Crippen LogP contribution in [0.3, 0.4) is 0 Å². The normalized spacial score (nSPS) is 10.2. The van der Waals surface area contributed by atoms with Crippen LogP contribution in [0.1, 0.15) is 10.4 Å². The summed E-state index contributed by atoms with van der Waals surface area (Å²) in [4.78, 5) is 21.3. The quantitative estimate of drug-likeness (QED) is 0.690. The molecule has 0 atom stereocenters. The van der Waals surface area contributed by atoms with E-state index in [1.54, 1.807) is 0 Å². The molecule has 0 bridgehead atoms. The van der Waals surface area contributed by atoms with Crippen molar-refractivity contribution in [2.45, 2.75) is 0 Å². The van der Waals surface area contributed by atoms with Crippen LogP contribution < -0.4 is 4.74 Å². The highest BCUT2D eigenvalue weighted by Crippen LogP contribution is 2.31. The van der Waals surface area contributed by atoms with Gasteiger partial charge in [-0.2, -0.15) is 0 Å². The molecular weight excluding hydrogens is 281 g/mol. The standard InChI is InChI=1S/C14H10FNO5/c1-21-9-3-5-13(15)11(7-9)10-4-2-8(16(19)20)6-12(10)14(17)18/h2-7H,1H3,(H,17,18). The van der Waals surface area contributed by atoms with Crippen molar-refractivity contribution >= 4 is 11.7 Å². The van der Waals surface area contributed by atoms with Crippen molar-refractivity contribution in [1.29, 1.82) is 0 Å². The van der Waals surface area contributed by atoms with Crippen LogP contribution >= 0.6 is 0 Å². The van der Waals surface area contributed by atoms with E-state index in [0.717, 1.165) is 18.2 Å². The third-order valence-corrected chi connectivity index (χ3v) is 2.91. The Bertz CT molecular complexity index is 729. The number of nitro groups is 1. The number of methoxy groups -OCH3 is 1. The van der Waals surface area contributed by atoms with Crippen molar-refractivity contribution in [1.82, 2.24) is 0 Å². The Labute approximate surface area is 118 Å². The number of ether oxygens (including phenoxy) is 1. The van der Waals surface area contributed by atoms with Crippen molar-refractivity contribution in [3.05, 3.63) is 57.9 Å². The summed E-state index contributed by atoms with van der Waals surface area (Å²) >= 11 is 0. The minimum atomic E-state index is -1.38.